The summed E-state index contributed by atoms with van der Waals surface area (Å²) in [5.41, 5.74) is 5.07. The van der Waals surface area contributed by atoms with Gasteiger partial charge in [-0.05, 0) is 73.6 Å². The van der Waals surface area contributed by atoms with E-state index >= 15 is 0 Å². The van der Waals surface area contributed by atoms with Crippen LogP contribution in [0.15, 0.2) is 77.8 Å². The molecule has 1 aliphatic rings. The first-order valence-electron chi connectivity index (χ1n) is 12.7. The highest BCUT2D eigenvalue weighted by atomic mass is 16.3. The Labute approximate surface area is 205 Å². The van der Waals surface area contributed by atoms with Crippen LogP contribution >= 0.6 is 0 Å². The second kappa shape index (κ2) is 9.78. The van der Waals surface area contributed by atoms with Gasteiger partial charge in [0.15, 0.2) is 0 Å². The van der Waals surface area contributed by atoms with Crippen LogP contribution in [0, 0.1) is 18.3 Å². The molecule has 3 aromatic rings. The zero-order chi connectivity index (χ0) is 24.3. The monoisotopic (exact) mass is 453 g/mol. The summed E-state index contributed by atoms with van der Waals surface area (Å²) in [6.07, 6.45) is 6.64. The highest BCUT2D eigenvalue weighted by molar-refractivity contribution is 5.85. The second-order valence-corrected chi connectivity index (χ2v) is 11.3. The minimum Gasteiger partial charge on any atom is -0.507 e. The Hall–Kier alpha value is -2.87. The summed E-state index contributed by atoms with van der Waals surface area (Å²) in [4.78, 5) is 4.96. The summed E-state index contributed by atoms with van der Waals surface area (Å²) in [6, 6.07) is 25.5. The largest absolute Gasteiger partial charge is 0.507 e. The molecule has 0 atom stereocenters. The molecule has 1 N–H and O–H groups in total. The van der Waals surface area contributed by atoms with Crippen molar-refractivity contribution in [3.05, 3.63) is 101 Å². The third-order valence-electron chi connectivity index (χ3n) is 7.87. The molecule has 178 valence electrons. The summed E-state index contributed by atoms with van der Waals surface area (Å²) < 4.78 is 0. The van der Waals surface area contributed by atoms with Crippen LogP contribution in [-0.4, -0.2) is 17.4 Å². The number of hydrogen-bond donors (Lipinski definition) is 1. The average Bonchev–Trinajstić information content (AvgIpc) is 2.84. The van der Waals surface area contributed by atoms with Gasteiger partial charge in [0.05, 0.1) is 0 Å². The van der Waals surface area contributed by atoms with Crippen LogP contribution in [0.25, 0.3) is 0 Å². The number of rotatable bonds is 5. The van der Waals surface area contributed by atoms with Gasteiger partial charge in [-0.25, -0.2) is 0 Å². The van der Waals surface area contributed by atoms with E-state index in [0.717, 1.165) is 46.6 Å². The van der Waals surface area contributed by atoms with E-state index in [9.17, 15) is 5.11 Å². The number of phenolic OH excluding ortho intramolecular Hbond substituents is 1. The second-order valence-electron chi connectivity index (χ2n) is 11.3. The summed E-state index contributed by atoms with van der Waals surface area (Å²) in [5, 5.41) is 11.6. The van der Waals surface area contributed by atoms with Crippen molar-refractivity contribution in [2.24, 2.45) is 16.3 Å². The number of hydrogen-bond acceptors (Lipinski definition) is 2. The number of aryl methyl sites for hydroxylation is 1. The van der Waals surface area contributed by atoms with E-state index < -0.39 is 5.41 Å². The molecule has 4 rings (SSSR count). The molecule has 1 fully saturated rings. The molecule has 0 unspecified atom stereocenters. The average molecular weight is 454 g/mol. The lowest BCUT2D eigenvalue weighted by Gasteiger charge is -2.36. The fraction of sp³-hybridized carbons (Fsp3) is 0.406. The molecule has 0 radical (unpaired) electrons. The highest BCUT2D eigenvalue weighted by Gasteiger charge is 2.34. The first kappa shape index (κ1) is 24.3. The summed E-state index contributed by atoms with van der Waals surface area (Å²) >= 11 is 0. The maximum Gasteiger partial charge on any atom is 0.128 e. The maximum atomic E-state index is 11.6. The lowest BCUT2D eigenvalue weighted by atomic mass is 9.70. The summed E-state index contributed by atoms with van der Waals surface area (Å²) in [6.45, 7) is 11.4. The Kier molecular flexibility index (Phi) is 6.98. The summed E-state index contributed by atoms with van der Waals surface area (Å²) in [7, 11) is 0. The van der Waals surface area contributed by atoms with Crippen molar-refractivity contribution < 1.29 is 5.11 Å². The van der Waals surface area contributed by atoms with Crippen LogP contribution in [0.2, 0.25) is 0 Å². The lowest BCUT2D eigenvalue weighted by Crippen LogP contribution is -2.27. The molecule has 34 heavy (non-hydrogen) atoms. The fourth-order valence-electron chi connectivity index (χ4n) is 5.58. The van der Waals surface area contributed by atoms with Gasteiger partial charge in [0.2, 0.25) is 0 Å². The molecule has 3 aromatic carbocycles. The van der Waals surface area contributed by atoms with Gasteiger partial charge in [0.1, 0.15) is 5.75 Å². The molecular formula is C32H39NO. The van der Waals surface area contributed by atoms with Crippen molar-refractivity contribution in [1.29, 1.82) is 0 Å². The van der Waals surface area contributed by atoms with Crippen LogP contribution in [0.1, 0.15) is 81.2 Å². The SMILES string of the molecule is Cc1cc(C=NC2CCC(C(C)(C)C)CC2)c(O)c(C(C)(c2ccccc2)c2ccccc2)c1. The van der Waals surface area contributed by atoms with Crippen LogP contribution in [0.5, 0.6) is 5.75 Å². The smallest absolute Gasteiger partial charge is 0.128 e. The van der Waals surface area contributed by atoms with Gasteiger partial charge in [0.25, 0.3) is 0 Å². The van der Waals surface area contributed by atoms with Gasteiger partial charge < -0.3 is 5.11 Å². The zero-order valence-corrected chi connectivity index (χ0v) is 21.4. The first-order chi connectivity index (χ1) is 16.2. The van der Waals surface area contributed by atoms with E-state index in [4.69, 9.17) is 4.99 Å². The number of phenols is 1. The Balaban J connectivity index is 1.70. The van der Waals surface area contributed by atoms with Crippen LogP contribution in [-0.2, 0) is 5.41 Å². The van der Waals surface area contributed by atoms with Crippen molar-refractivity contribution in [1.82, 2.24) is 0 Å². The molecular weight excluding hydrogens is 414 g/mol. The Morgan fingerprint density at radius 1 is 0.794 bits per heavy atom. The Bertz CT molecular complexity index is 1080. The molecule has 0 saturated heterocycles. The van der Waals surface area contributed by atoms with Crippen molar-refractivity contribution in [3.63, 3.8) is 0 Å². The van der Waals surface area contributed by atoms with E-state index in [1.54, 1.807) is 0 Å². The number of nitrogens with zero attached hydrogens (tertiary/aromatic N) is 1. The van der Waals surface area contributed by atoms with E-state index in [1.165, 1.54) is 12.8 Å². The minimum atomic E-state index is -0.480. The third-order valence-corrected chi connectivity index (χ3v) is 7.87. The van der Waals surface area contributed by atoms with Crippen LogP contribution in [0.3, 0.4) is 0 Å². The van der Waals surface area contributed by atoms with E-state index in [-0.39, 0.29) is 0 Å². The Morgan fingerprint density at radius 2 is 1.32 bits per heavy atom. The van der Waals surface area contributed by atoms with Gasteiger partial charge >= 0.3 is 0 Å². The minimum absolute atomic E-state index is 0.327. The van der Waals surface area contributed by atoms with E-state index in [2.05, 4.69) is 95.3 Å². The first-order valence-corrected chi connectivity index (χ1v) is 12.7. The number of aromatic hydroxyl groups is 1. The molecule has 1 aliphatic carbocycles. The van der Waals surface area contributed by atoms with Gasteiger partial charge in [-0.3, -0.25) is 4.99 Å². The number of benzene rings is 3. The molecule has 0 aromatic heterocycles. The molecule has 0 bridgehead atoms. The molecule has 0 spiro atoms. The zero-order valence-electron chi connectivity index (χ0n) is 21.4. The van der Waals surface area contributed by atoms with E-state index in [0.29, 0.717) is 17.2 Å². The topological polar surface area (TPSA) is 32.6 Å². The van der Waals surface area contributed by atoms with E-state index in [1.807, 2.05) is 18.3 Å². The van der Waals surface area contributed by atoms with Gasteiger partial charge in [-0.1, -0.05) is 87.5 Å². The van der Waals surface area contributed by atoms with Gasteiger partial charge in [0, 0.05) is 28.8 Å². The number of aliphatic imine (C=N–C) groups is 1. The molecule has 2 heteroatoms. The summed E-state index contributed by atoms with van der Waals surface area (Å²) in [5.74, 6) is 1.10. The predicted octanol–water partition coefficient (Wildman–Crippen LogP) is 8.08. The molecule has 0 amide bonds. The van der Waals surface area contributed by atoms with Crippen LogP contribution in [0.4, 0.5) is 0 Å². The third kappa shape index (κ3) is 4.97. The lowest BCUT2D eigenvalue weighted by molar-refractivity contribution is 0.170. The van der Waals surface area contributed by atoms with Gasteiger partial charge in [-0.2, -0.15) is 0 Å². The quantitative estimate of drug-likeness (QED) is 0.307. The van der Waals surface area contributed by atoms with Crippen molar-refractivity contribution in [2.45, 2.75) is 71.8 Å². The normalized spacial score (nSPS) is 19.4. The maximum absolute atomic E-state index is 11.6. The molecule has 2 nitrogen and oxygen atoms in total. The van der Waals surface area contributed by atoms with Crippen molar-refractivity contribution >= 4 is 6.21 Å². The van der Waals surface area contributed by atoms with Gasteiger partial charge in [-0.15, -0.1) is 0 Å². The molecule has 1 saturated carbocycles. The standard InChI is InChI=1S/C32H39NO/c1-23-20-24(22-33-28-18-16-25(17-19-28)31(2,3)4)30(34)29(21-23)32(5,26-12-8-6-9-13-26)27-14-10-7-11-15-27/h6-15,20-22,25,28,34H,16-19H2,1-5H3. The fourth-order valence-corrected chi connectivity index (χ4v) is 5.58. The molecule has 0 aliphatic heterocycles. The predicted molar refractivity (Wildman–Crippen MR) is 144 cm³/mol. The van der Waals surface area contributed by atoms with Crippen molar-refractivity contribution in [2.75, 3.05) is 0 Å². The molecule has 0 heterocycles. The highest BCUT2D eigenvalue weighted by Crippen LogP contribution is 2.44. The van der Waals surface area contributed by atoms with Crippen LogP contribution < -0.4 is 0 Å². The van der Waals surface area contributed by atoms with Crippen molar-refractivity contribution in [3.8, 4) is 5.75 Å². The Morgan fingerprint density at radius 3 is 1.82 bits per heavy atom.